The Balaban J connectivity index is 2.71. The van der Waals surface area contributed by atoms with Gasteiger partial charge < -0.3 is 5.32 Å². The summed E-state index contributed by atoms with van der Waals surface area (Å²) < 4.78 is 0. The average molecular weight is 272 g/mol. The third kappa shape index (κ3) is 4.09. The van der Waals surface area contributed by atoms with E-state index in [1.54, 1.807) is 0 Å². The molecule has 0 bridgehead atoms. The SMILES string of the molecule is CCCC(C#N)(CCC)C(=O)NCc1ccc(C)cc1. The van der Waals surface area contributed by atoms with Crippen molar-refractivity contribution in [2.45, 2.75) is 53.0 Å². The van der Waals surface area contributed by atoms with E-state index in [1.807, 2.05) is 45.0 Å². The highest BCUT2D eigenvalue weighted by Gasteiger charge is 2.36. The number of hydrogen-bond donors (Lipinski definition) is 1. The standard InChI is InChI=1S/C17H24N2O/c1-4-10-17(13-18,11-5-2)16(20)19-12-15-8-6-14(3)7-9-15/h6-9H,4-5,10-12H2,1-3H3,(H,19,20). The molecule has 1 N–H and O–H groups in total. The summed E-state index contributed by atoms with van der Waals surface area (Å²) in [4.78, 5) is 12.4. The molecule has 3 heteroatoms. The Bertz CT molecular complexity index is 465. The van der Waals surface area contributed by atoms with E-state index in [0.29, 0.717) is 19.4 Å². The molecule has 0 heterocycles. The lowest BCUT2D eigenvalue weighted by atomic mass is 9.79. The topological polar surface area (TPSA) is 52.9 Å². The van der Waals surface area contributed by atoms with Crippen molar-refractivity contribution in [3.05, 3.63) is 35.4 Å². The van der Waals surface area contributed by atoms with Crippen molar-refractivity contribution in [2.75, 3.05) is 0 Å². The van der Waals surface area contributed by atoms with Crippen molar-refractivity contribution >= 4 is 5.91 Å². The molecule has 0 aromatic heterocycles. The predicted octanol–water partition coefficient (Wildman–Crippen LogP) is 3.72. The van der Waals surface area contributed by atoms with E-state index in [9.17, 15) is 10.1 Å². The van der Waals surface area contributed by atoms with Gasteiger partial charge in [0.05, 0.1) is 6.07 Å². The van der Waals surface area contributed by atoms with Crippen LogP contribution in [0.1, 0.15) is 50.7 Å². The van der Waals surface area contributed by atoms with Crippen molar-refractivity contribution in [1.29, 1.82) is 5.26 Å². The number of nitrogens with one attached hydrogen (secondary N) is 1. The van der Waals surface area contributed by atoms with Crippen LogP contribution >= 0.6 is 0 Å². The maximum Gasteiger partial charge on any atom is 0.240 e. The molecule has 0 aliphatic carbocycles. The Kier molecular flexibility index (Phi) is 6.24. The van der Waals surface area contributed by atoms with Crippen LogP contribution in [0.2, 0.25) is 0 Å². The molecule has 0 spiro atoms. The molecular weight excluding hydrogens is 248 g/mol. The zero-order chi connectivity index (χ0) is 15.0. The lowest BCUT2D eigenvalue weighted by Gasteiger charge is -2.24. The van der Waals surface area contributed by atoms with Crippen LogP contribution in [0, 0.1) is 23.7 Å². The van der Waals surface area contributed by atoms with Crippen LogP contribution in [-0.2, 0) is 11.3 Å². The Morgan fingerprint density at radius 1 is 1.20 bits per heavy atom. The fraction of sp³-hybridized carbons (Fsp3) is 0.529. The highest BCUT2D eigenvalue weighted by atomic mass is 16.2. The maximum atomic E-state index is 12.4. The minimum atomic E-state index is -0.867. The number of aryl methyl sites for hydroxylation is 1. The van der Waals surface area contributed by atoms with Gasteiger partial charge in [0.2, 0.25) is 5.91 Å². The van der Waals surface area contributed by atoms with Gasteiger partial charge in [-0.3, -0.25) is 4.79 Å². The summed E-state index contributed by atoms with van der Waals surface area (Å²) in [5, 5.41) is 12.4. The first-order chi connectivity index (χ1) is 9.57. The van der Waals surface area contributed by atoms with Crippen LogP contribution in [-0.4, -0.2) is 5.91 Å². The Morgan fingerprint density at radius 3 is 2.20 bits per heavy atom. The molecule has 0 saturated heterocycles. The maximum absolute atomic E-state index is 12.4. The second-order valence-corrected chi connectivity index (χ2v) is 5.36. The Hall–Kier alpha value is -1.82. The van der Waals surface area contributed by atoms with Crippen LogP contribution in [0.15, 0.2) is 24.3 Å². The first-order valence-corrected chi connectivity index (χ1v) is 7.33. The van der Waals surface area contributed by atoms with E-state index in [1.165, 1.54) is 5.56 Å². The molecule has 0 atom stereocenters. The van der Waals surface area contributed by atoms with Crippen molar-refractivity contribution in [2.24, 2.45) is 5.41 Å². The minimum absolute atomic E-state index is 0.135. The van der Waals surface area contributed by atoms with Crippen LogP contribution < -0.4 is 5.32 Å². The number of carbonyl (C=O) groups excluding carboxylic acids is 1. The lowest BCUT2D eigenvalue weighted by Crippen LogP contribution is -2.39. The average Bonchev–Trinajstić information content (AvgIpc) is 2.46. The number of benzene rings is 1. The molecule has 0 radical (unpaired) electrons. The van der Waals surface area contributed by atoms with Crippen molar-refractivity contribution in [3.8, 4) is 6.07 Å². The molecule has 1 aromatic rings. The molecule has 0 fully saturated rings. The van der Waals surface area contributed by atoms with Gasteiger partial charge in [-0.15, -0.1) is 0 Å². The number of nitrogens with zero attached hydrogens (tertiary/aromatic N) is 1. The van der Waals surface area contributed by atoms with Crippen LogP contribution in [0.3, 0.4) is 0 Å². The number of amides is 1. The van der Waals surface area contributed by atoms with Gasteiger partial charge in [-0.2, -0.15) is 5.26 Å². The van der Waals surface area contributed by atoms with E-state index in [4.69, 9.17) is 0 Å². The second kappa shape index (κ2) is 7.69. The summed E-state index contributed by atoms with van der Waals surface area (Å²) in [6.07, 6.45) is 2.92. The molecule has 1 rings (SSSR count). The largest absolute Gasteiger partial charge is 0.351 e. The molecule has 0 aliphatic rings. The molecular formula is C17H24N2O. The highest BCUT2D eigenvalue weighted by Crippen LogP contribution is 2.29. The van der Waals surface area contributed by atoms with Gasteiger partial charge in [0, 0.05) is 6.54 Å². The van der Waals surface area contributed by atoms with Crippen LogP contribution in [0.4, 0.5) is 0 Å². The van der Waals surface area contributed by atoms with Crippen LogP contribution in [0.5, 0.6) is 0 Å². The molecule has 1 aromatic carbocycles. The van der Waals surface area contributed by atoms with Gasteiger partial charge in [0.15, 0.2) is 0 Å². The van der Waals surface area contributed by atoms with Crippen LogP contribution in [0.25, 0.3) is 0 Å². The van der Waals surface area contributed by atoms with E-state index in [-0.39, 0.29) is 5.91 Å². The van der Waals surface area contributed by atoms with Gasteiger partial charge >= 0.3 is 0 Å². The van der Waals surface area contributed by atoms with E-state index in [0.717, 1.165) is 18.4 Å². The third-order valence-electron chi connectivity index (χ3n) is 3.58. The second-order valence-electron chi connectivity index (χ2n) is 5.36. The first-order valence-electron chi connectivity index (χ1n) is 7.33. The summed E-state index contributed by atoms with van der Waals surface area (Å²) in [6.45, 7) is 6.53. The monoisotopic (exact) mass is 272 g/mol. The lowest BCUT2D eigenvalue weighted by molar-refractivity contribution is -0.129. The number of carbonyl (C=O) groups is 1. The van der Waals surface area contributed by atoms with E-state index in [2.05, 4.69) is 11.4 Å². The zero-order valence-electron chi connectivity index (χ0n) is 12.7. The normalized spacial score (nSPS) is 10.9. The quantitative estimate of drug-likeness (QED) is 0.822. The number of rotatable bonds is 7. The summed E-state index contributed by atoms with van der Waals surface area (Å²) >= 11 is 0. The molecule has 0 unspecified atom stereocenters. The van der Waals surface area contributed by atoms with Gasteiger partial charge in [-0.05, 0) is 25.3 Å². The Labute approximate surface area is 122 Å². The zero-order valence-corrected chi connectivity index (χ0v) is 12.7. The molecule has 1 amide bonds. The summed E-state index contributed by atoms with van der Waals surface area (Å²) in [7, 11) is 0. The molecule has 0 saturated carbocycles. The summed E-state index contributed by atoms with van der Waals surface area (Å²) in [5.74, 6) is -0.135. The van der Waals surface area contributed by atoms with Gasteiger partial charge in [0.1, 0.15) is 5.41 Å². The van der Waals surface area contributed by atoms with Crippen molar-refractivity contribution in [1.82, 2.24) is 5.32 Å². The summed E-state index contributed by atoms with van der Waals surface area (Å²) in [6, 6.07) is 10.3. The van der Waals surface area contributed by atoms with Gasteiger partial charge in [0.25, 0.3) is 0 Å². The minimum Gasteiger partial charge on any atom is -0.351 e. The highest BCUT2D eigenvalue weighted by molar-refractivity contribution is 5.85. The molecule has 20 heavy (non-hydrogen) atoms. The Morgan fingerprint density at radius 2 is 1.75 bits per heavy atom. The van der Waals surface area contributed by atoms with E-state index < -0.39 is 5.41 Å². The number of hydrogen-bond acceptors (Lipinski definition) is 2. The predicted molar refractivity (Wildman–Crippen MR) is 80.9 cm³/mol. The van der Waals surface area contributed by atoms with Crippen molar-refractivity contribution < 1.29 is 4.79 Å². The van der Waals surface area contributed by atoms with Gasteiger partial charge in [-0.1, -0.05) is 56.5 Å². The first kappa shape index (κ1) is 16.2. The number of nitriles is 1. The third-order valence-corrected chi connectivity index (χ3v) is 3.58. The summed E-state index contributed by atoms with van der Waals surface area (Å²) in [5.41, 5.74) is 1.39. The molecule has 0 aliphatic heterocycles. The van der Waals surface area contributed by atoms with Gasteiger partial charge in [-0.25, -0.2) is 0 Å². The van der Waals surface area contributed by atoms with E-state index >= 15 is 0 Å². The molecule has 108 valence electrons. The smallest absolute Gasteiger partial charge is 0.240 e. The van der Waals surface area contributed by atoms with Crippen molar-refractivity contribution in [3.63, 3.8) is 0 Å². The fourth-order valence-corrected chi connectivity index (χ4v) is 2.43. The fourth-order valence-electron chi connectivity index (χ4n) is 2.43. The molecule has 3 nitrogen and oxygen atoms in total.